The van der Waals surface area contributed by atoms with E-state index < -0.39 is 0 Å². The van der Waals surface area contributed by atoms with Crippen molar-refractivity contribution in [3.8, 4) is 11.1 Å². The molecule has 2 heterocycles. The molecule has 3 rings (SSSR count). The number of fused-ring (bicyclic) bond motifs is 1. The minimum absolute atomic E-state index is 0.951. The molecule has 0 aliphatic rings. The molecule has 1 aromatic carbocycles. The fourth-order valence-corrected chi connectivity index (χ4v) is 1.64. The summed E-state index contributed by atoms with van der Waals surface area (Å²) in [6.07, 6.45) is 6.79. The van der Waals surface area contributed by atoms with E-state index in [0.29, 0.717) is 0 Å². The number of aromatic amines is 1. The third kappa shape index (κ3) is 1.27. The predicted octanol–water partition coefficient (Wildman–Crippen LogP) is 2.02. The van der Waals surface area contributed by atoms with Crippen molar-refractivity contribution in [3.05, 3.63) is 43.2 Å². The topological polar surface area (TPSA) is 54.5 Å². The first-order chi connectivity index (χ1) is 7.45. The first kappa shape index (κ1) is 8.11. The molecule has 0 saturated heterocycles. The average Bonchev–Trinajstić information content (AvgIpc) is 2.78. The van der Waals surface area contributed by atoms with E-state index in [-0.39, 0.29) is 0 Å². The molecule has 2 aromatic heterocycles. The molecule has 4 nitrogen and oxygen atoms in total. The monoisotopic (exact) mass is 196 g/mol. The van der Waals surface area contributed by atoms with Crippen LogP contribution in [-0.2, 0) is 0 Å². The first-order valence-electron chi connectivity index (χ1n) is 4.62. The number of benzene rings is 1. The van der Waals surface area contributed by atoms with Gasteiger partial charge in [-0.05, 0) is 6.07 Å². The summed E-state index contributed by atoms with van der Waals surface area (Å²) in [5.74, 6) is 0. The Morgan fingerprint density at radius 2 is 1.93 bits per heavy atom. The van der Waals surface area contributed by atoms with Crippen molar-refractivity contribution >= 4 is 11.0 Å². The lowest BCUT2D eigenvalue weighted by Crippen LogP contribution is -1.83. The summed E-state index contributed by atoms with van der Waals surface area (Å²) in [6.45, 7) is 0. The number of rotatable bonds is 1. The molecule has 0 atom stereocenters. The molecule has 0 saturated carbocycles. The van der Waals surface area contributed by atoms with Gasteiger partial charge < -0.3 is 4.98 Å². The van der Waals surface area contributed by atoms with E-state index in [1.54, 1.807) is 18.7 Å². The number of para-hydroxylation sites is 1. The van der Waals surface area contributed by atoms with Gasteiger partial charge in [-0.15, -0.1) is 0 Å². The number of hydrogen-bond acceptors (Lipinski definition) is 3. The third-order valence-corrected chi connectivity index (χ3v) is 2.32. The van der Waals surface area contributed by atoms with Gasteiger partial charge in [0.15, 0.2) is 0 Å². The summed E-state index contributed by atoms with van der Waals surface area (Å²) in [7, 11) is 0. The Kier molecular flexibility index (Phi) is 1.71. The van der Waals surface area contributed by atoms with Crippen molar-refractivity contribution in [3.63, 3.8) is 0 Å². The molecule has 3 aromatic rings. The Hall–Kier alpha value is -2.23. The normalized spacial score (nSPS) is 10.7. The smallest absolute Gasteiger partial charge is 0.115 e. The van der Waals surface area contributed by atoms with E-state index in [1.165, 1.54) is 6.33 Å². The van der Waals surface area contributed by atoms with E-state index >= 15 is 0 Å². The lowest BCUT2D eigenvalue weighted by Gasteiger charge is -2.00. The van der Waals surface area contributed by atoms with Crippen LogP contribution in [0.5, 0.6) is 0 Å². The van der Waals surface area contributed by atoms with Crippen LogP contribution in [0.15, 0.2) is 43.2 Å². The number of nitrogens with one attached hydrogen (secondary N) is 1. The molecule has 0 spiro atoms. The summed E-state index contributed by atoms with van der Waals surface area (Å²) in [5.41, 5.74) is 4.01. The number of imidazole rings is 1. The zero-order valence-corrected chi connectivity index (χ0v) is 7.88. The van der Waals surface area contributed by atoms with Crippen molar-refractivity contribution < 1.29 is 0 Å². The Labute approximate surface area is 86.0 Å². The first-order valence-corrected chi connectivity index (χ1v) is 4.62. The lowest BCUT2D eigenvalue weighted by molar-refractivity contribution is 1.17. The lowest BCUT2D eigenvalue weighted by atomic mass is 10.1. The fourth-order valence-electron chi connectivity index (χ4n) is 1.64. The zero-order chi connectivity index (χ0) is 10.1. The van der Waals surface area contributed by atoms with Gasteiger partial charge in [-0.2, -0.15) is 0 Å². The van der Waals surface area contributed by atoms with Crippen LogP contribution in [0.25, 0.3) is 22.2 Å². The van der Waals surface area contributed by atoms with Crippen LogP contribution in [0, 0.1) is 0 Å². The second kappa shape index (κ2) is 3.16. The maximum Gasteiger partial charge on any atom is 0.115 e. The summed E-state index contributed by atoms with van der Waals surface area (Å²) in [6, 6.07) is 6.00. The fraction of sp³-hybridized carbons (Fsp3) is 0. The summed E-state index contributed by atoms with van der Waals surface area (Å²) < 4.78 is 0. The molecule has 0 aliphatic heterocycles. The van der Waals surface area contributed by atoms with Gasteiger partial charge in [-0.3, -0.25) is 0 Å². The van der Waals surface area contributed by atoms with Gasteiger partial charge in [0.25, 0.3) is 0 Å². The van der Waals surface area contributed by atoms with Crippen LogP contribution in [0.1, 0.15) is 0 Å². The highest BCUT2D eigenvalue weighted by Crippen LogP contribution is 2.24. The van der Waals surface area contributed by atoms with E-state index in [1.807, 2.05) is 18.2 Å². The highest BCUT2D eigenvalue weighted by Gasteiger charge is 2.05. The van der Waals surface area contributed by atoms with Gasteiger partial charge in [-0.1, -0.05) is 12.1 Å². The minimum atomic E-state index is 0.951. The Morgan fingerprint density at radius 3 is 2.80 bits per heavy atom. The summed E-state index contributed by atoms with van der Waals surface area (Å²) in [4.78, 5) is 15.4. The zero-order valence-electron chi connectivity index (χ0n) is 7.88. The maximum atomic E-state index is 4.28. The van der Waals surface area contributed by atoms with Crippen LogP contribution in [-0.4, -0.2) is 19.9 Å². The summed E-state index contributed by atoms with van der Waals surface area (Å²) >= 11 is 0. The molecule has 0 aliphatic carbocycles. The SMILES string of the molecule is c1cc(-c2cncnc2)c2nc[nH]c2c1. The molecule has 0 bridgehead atoms. The predicted molar refractivity (Wildman–Crippen MR) is 57.1 cm³/mol. The van der Waals surface area contributed by atoms with Crippen molar-refractivity contribution in [1.29, 1.82) is 0 Å². The van der Waals surface area contributed by atoms with Crippen LogP contribution >= 0.6 is 0 Å². The molecule has 0 fully saturated rings. The standard InChI is InChI=1S/C11H8N4/c1-2-9(8-4-12-6-13-5-8)11-10(3-1)14-7-15-11/h1-7H,(H,14,15). The molecule has 0 unspecified atom stereocenters. The molecule has 0 amide bonds. The van der Waals surface area contributed by atoms with Gasteiger partial charge in [0.05, 0.1) is 17.4 Å². The van der Waals surface area contributed by atoms with Gasteiger partial charge in [0.1, 0.15) is 6.33 Å². The Bertz CT molecular complexity index is 586. The molecule has 72 valence electrons. The molecule has 1 N–H and O–H groups in total. The number of nitrogens with zero attached hydrogens (tertiary/aromatic N) is 3. The molecule has 15 heavy (non-hydrogen) atoms. The van der Waals surface area contributed by atoms with Crippen molar-refractivity contribution in [1.82, 2.24) is 19.9 Å². The van der Waals surface area contributed by atoms with Crippen LogP contribution in [0.3, 0.4) is 0 Å². The maximum absolute atomic E-state index is 4.28. The Balaban J connectivity index is 2.31. The third-order valence-electron chi connectivity index (χ3n) is 2.32. The van der Waals surface area contributed by atoms with E-state index in [2.05, 4.69) is 19.9 Å². The second-order valence-electron chi connectivity index (χ2n) is 3.23. The highest BCUT2D eigenvalue weighted by molar-refractivity contribution is 5.91. The van der Waals surface area contributed by atoms with Gasteiger partial charge in [0.2, 0.25) is 0 Å². The van der Waals surface area contributed by atoms with Crippen molar-refractivity contribution in [2.24, 2.45) is 0 Å². The van der Waals surface area contributed by atoms with E-state index in [0.717, 1.165) is 22.2 Å². The highest BCUT2D eigenvalue weighted by atomic mass is 14.9. The second-order valence-corrected chi connectivity index (χ2v) is 3.23. The van der Waals surface area contributed by atoms with Crippen molar-refractivity contribution in [2.75, 3.05) is 0 Å². The van der Waals surface area contributed by atoms with Crippen LogP contribution in [0.4, 0.5) is 0 Å². The molecular weight excluding hydrogens is 188 g/mol. The van der Waals surface area contributed by atoms with Gasteiger partial charge >= 0.3 is 0 Å². The molecular formula is C11H8N4. The summed E-state index contributed by atoms with van der Waals surface area (Å²) in [5, 5.41) is 0. The van der Waals surface area contributed by atoms with Crippen LogP contribution < -0.4 is 0 Å². The van der Waals surface area contributed by atoms with Gasteiger partial charge in [0, 0.05) is 23.5 Å². The Morgan fingerprint density at radius 1 is 1.07 bits per heavy atom. The number of hydrogen-bond donors (Lipinski definition) is 1. The molecule has 0 radical (unpaired) electrons. The quantitative estimate of drug-likeness (QED) is 0.647. The number of aromatic nitrogens is 4. The van der Waals surface area contributed by atoms with E-state index in [4.69, 9.17) is 0 Å². The minimum Gasteiger partial charge on any atom is -0.345 e. The van der Waals surface area contributed by atoms with Crippen molar-refractivity contribution in [2.45, 2.75) is 0 Å². The van der Waals surface area contributed by atoms with E-state index in [9.17, 15) is 0 Å². The largest absolute Gasteiger partial charge is 0.345 e. The average molecular weight is 196 g/mol. The van der Waals surface area contributed by atoms with Gasteiger partial charge in [-0.25, -0.2) is 15.0 Å². The number of H-pyrrole nitrogens is 1. The van der Waals surface area contributed by atoms with Crippen LogP contribution in [0.2, 0.25) is 0 Å². The molecule has 4 heteroatoms.